The van der Waals surface area contributed by atoms with E-state index in [2.05, 4.69) is 5.32 Å². The van der Waals surface area contributed by atoms with Crippen molar-refractivity contribution in [1.29, 1.82) is 0 Å². The molecule has 1 aromatic carbocycles. The van der Waals surface area contributed by atoms with E-state index in [1.807, 2.05) is 38.1 Å². The fourth-order valence-corrected chi connectivity index (χ4v) is 6.52. The normalized spacial score (nSPS) is 36.5. The molecule has 1 aromatic rings. The van der Waals surface area contributed by atoms with Gasteiger partial charge >= 0.3 is 0 Å². The van der Waals surface area contributed by atoms with Crippen molar-refractivity contribution in [2.45, 2.75) is 67.2 Å². The van der Waals surface area contributed by atoms with Crippen molar-refractivity contribution in [1.82, 2.24) is 5.32 Å². The molecule has 0 heterocycles. The van der Waals surface area contributed by atoms with Crippen molar-refractivity contribution in [2.24, 2.45) is 17.8 Å². The van der Waals surface area contributed by atoms with Gasteiger partial charge in [-0.2, -0.15) is 0 Å². The van der Waals surface area contributed by atoms with Gasteiger partial charge in [0.25, 0.3) is 0 Å². The molecule has 5 atom stereocenters. The van der Waals surface area contributed by atoms with Crippen LogP contribution in [-0.4, -0.2) is 27.4 Å². The van der Waals surface area contributed by atoms with Crippen molar-refractivity contribution in [3.63, 3.8) is 0 Å². The second kappa shape index (κ2) is 6.17. The predicted molar refractivity (Wildman–Crippen MR) is 102 cm³/mol. The highest BCUT2D eigenvalue weighted by atomic mass is 35.5. The number of carbonyl (C=O) groups is 1. The molecule has 4 bridgehead atoms. The number of rotatable bonds is 4. The molecule has 5 rings (SSSR count). The van der Waals surface area contributed by atoms with Gasteiger partial charge in [0.2, 0.25) is 5.91 Å². The Morgan fingerprint density at radius 3 is 2.36 bits per heavy atom. The van der Waals surface area contributed by atoms with Crippen molar-refractivity contribution in [3.8, 4) is 0 Å². The minimum absolute atomic E-state index is 0.0944. The van der Waals surface area contributed by atoms with Crippen molar-refractivity contribution in [3.05, 3.63) is 29.3 Å². The third kappa shape index (κ3) is 3.45. The van der Waals surface area contributed by atoms with Crippen LogP contribution in [-0.2, 0) is 4.79 Å². The summed E-state index contributed by atoms with van der Waals surface area (Å²) < 4.78 is -0.542. The van der Waals surface area contributed by atoms with Crippen LogP contribution in [0.4, 0.5) is 0 Å². The number of halogens is 1. The van der Waals surface area contributed by atoms with E-state index in [9.17, 15) is 9.90 Å². The lowest BCUT2D eigenvalue weighted by Crippen LogP contribution is -2.63. The van der Waals surface area contributed by atoms with Gasteiger partial charge in [0.15, 0.2) is 0 Å². The Bertz CT molecular complexity index is 659. The number of carbonyl (C=O) groups excluding carboxylic acids is 1. The van der Waals surface area contributed by atoms with E-state index < -0.39 is 10.3 Å². The number of nitrogens with one attached hydrogen (secondary N) is 1. The van der Waals surface area contributed by atoms with Gasteiger partial charge < -0.3 is 10.4 Å². The molecule has 25 heavy (non-hydrogen) atoms. The summed E-state index contributed by atoms with van der Waals surface area (Å²) in [5, 5.41) is 14.8. The highest BCUT2D eigenvalue weighted by Crippen LogP contribution is 2.55. The Labute approximate surface area is 158 Å². The number of benzene rings is 1. The lowest BCUT2D eigenvalue weighted by molar-refractivity contribution is -0.147. The van der Waals surface area contributed by atoms with Gasteiger partial charge in [0.1, 0.15) is 0 Å². The Morgan fingerprint density at radius 1 is 1.20 bits per heavy atom. The van der Waals surface area contributed by atoms with Crippen LogP contribution in [0.15, 0.2) is 29.2 Å². The fraction of sp³-hybridized carbons (Fsp3) is 0.650. The van der Waals surface area contributed by atoms with E-state index in [4.69, 9.17) is 11.6 Å². The summed E-state index contributed by atoms with van der Waals surface area (Å²) in [7, 11) is 0. The second-order valence-electron chi connectivity index (χ2n) is 8.76. The number of hydrogen-bond donors (Lipinski definition) is 2. The summed E-state index contributed by atoms with van der Waals surface area (Å²) in [6.07, 6.45) is 5.01. The first kappa shape index (κ1) is 17.7. The molecule has 3 nitrogen and oxygen atoms in total. The molecule has 136 valence electrons. The van der Waals surface area contributed by atoms with E-state index in [-0.39, 0.29) is 11.9 Å². The van der Waals surface area contributed by atoms with Crippen LogP contribution in [0.1, 0.15) is 46.0 Å². The summed E-state index contributed by atoms with van der Waals surface area (Å²) in [6.45, 7) is 3.95. The zero-order chi connectivity index (χ0) is 17.8. The molecule has 4 saturated carbocycles. The number of thioether (sulfide) groups is 1. The van der Waals surface area contributed by atoms with Gasteiger partial charge in [-0.25, -0.2) is 0 Å². The van der Waals surface area contributed by atoms with Gasteiger partial charge in [-0.15, -0.1) is 11.8 Å². The molecule has 4 aliphatic carbocycles. The molecule has 4 fully saturated rings. The third-order valence-corrected chi connectivity index (χ3v) is 7.73. The minimum Gasteiger partial charge on any atom is -0.390 e. The van der Waals surface area contributed by atoms with Crippen molar-refractivity contribution < 1.29 is 9.90 Å². The van der Waals surface area contributed by atoms with E-state index in [1.165, 1.54) is 0 Å². The topological polar surface area (TPSA) is 49.3 Å². The molecule has 0 saturated heterocycles. The van der Waals surface area contributed by atoms with Gasteiger partial charge in [-0.3, -0.25) is 4.79 Å². The molecule has 0 spiro atoms. The monoisotopic (exact) mass is 379 g/mol. The van der Waals surface area contributed by atoms with E-state index in [1.54, 1.807) is 11.8 Å². The van der Waals surface area contributed by atoms with Crippen LogP contribution in [0.2, 0.25) is 5.02 Å². The van der Waals surface area contributed by atoms with Crippen LogP contribution in [0.3, 0.4) is 0 Å². The first-order valence-electron chi connectivity index (χ1n) is 9.22. The molecular formula is C20H26ClNO2S. The van der Waals surface area contributed by atoms with Crippen LogP contribution in [0.5, 0.6) is 0 Å². The first-order chi connectivity index (χ1) is 11.7. The van der Waals surface area contributed by atoms with E-state index in [0.29, 0.717) is 22.8 Å². The van der Waals surface area contributed by atoms with Gasteiger partial charge in [-0.05, 0) is 88.0 Å². The van der Waals surface area contributed by atoms with Gasteiger partial charge in [0, 0.05) is 16.0 Å². The average Bonchev–Trinajstić information content (AvgIpc) is 2.51. The summed E-state index contributed by atoms with van der Waals surface area (Å²) in [5.74, 6) is 1.64. The smallest absolute Gasteiger partial charge is 0.236 e. The molecule has 4 aliphatic rings. The maximum atomic E-state index is 13.0. The molecule has 0 aliphatic heterocycles. The van der Waals surface area contributed by atoms with Crippen LogP contribution in [0.25, 0.3) is 0 Å². The third-order valence-electron chi connectivity index (χ3n) is 6.27. The maximum absolute atomic E-state index is 13.0. The molecule has 5 heteroatoms. The van der Waals surface area contributed by atoms with Crippen molar-refractivity contribution >= 4 is 29.3 Å². The molecular weight excluding hydrogens is 354 g/mol. The number of amides is 1. The SMILES string of the molecule is CC(C)(Sc1ccc(Cl)cc1)C(=O)N[C@H]1[C@@H]2CC3C[C@H]1C[C@](O)(C3)C2. The average molecular weight is 380 g/mol. The highest BCUT2D eigenvalue weighted by molar-refractivity contribution is 8.01. The van der Waals surface area contributed by atoms with E-state index in [0.717, 1.165) is 37.0 Å². The zero-order valence-electron chi connectivity index (χ0n) is 14.8. The Hall–Kier alpha value is -0.710. The lowest BCUT2D eigenvalue weighted by Gasteiger charge is -2.58. The van der Waals surface area contributed by atoms with Crippen molar-refractivity contribution in [2.75, 3.05) is 0 Å². The Morgan fingerprint density at radius 2 is 1.80 bits per heavy atom. The molecule has 0 aromatic heterocycles. The number of hydrogen-bond acceptors (Lipinski definition) is 3. The largest absolute Gasteiger partial charge is 0.390 e. The molecule has 0 radical (unpaired) electrons. The summed E-state index contributed by atoms with van der Waals surface area (Å²) >= 11 is 7.51. The predicted octanol–water partition coefficient (Wildman–Crippen LogP) is 4.27. The molecule has 1 amide bonds. The second-order valence-corrected chi connectivity index (χ2v) is 10.9. The maximum Gasteiger partial charge on any atom is 0.236 e. The van der Waals surface area contributed by atoms with Crippen LogP contribution in [0, 0.1) is 17.8 Å². The van der Waals surface area contributed by atoms with Gasteiger partial charge in [-0.1, -0.05) is 11.6 Å². The summed E-state index contributed by atoms with van der Waals surface area (Å²) in [4.78, 5) is 14.0. The Kier molecular flexibility index (Phi) is 4.37. The molecule has 1 unspecified atom stereocenters. The first-order valence-corrected chi connectivity index (χ1v) is 10.4. The summed E-state index contributed by atoms with van der Waals surface area (Å²) in [5.41, 5.74) is -0.453. The quantitative estimate of drug-likeness (QED) is 0.768. The molecule has 2 N–H and O–H groups in total. The summed E-state index contributed by atoms with van der Waals surface area (Å²) in [6, 6.07) is 7.86. The highest BCUT2D eigenvalue weighted by Gasteiger charge is 2.55. The zero-order valence-corrected chi connectivity index (χ0v) is 16.4. The van der Waals surface area contributed by atoms with Crippen LogP contribution < -0.4 is 5.32 Å². The van der Waals surface area contributed by atoms with Gasteiger partial charge in [0.05, 0.1) is 10.3 Å². The minimum atomic E-state index is -0.542. The fourth-order valence-electron chi connectivity index (χ4n) is 5.39. The Balaban J connectivity index is 1.43. The number of aliphatic hydroxyl groups is 1. The lowest BCUT2D eigenvalue weighted by atomic mass is 9.52. The van der Waals surface area contributed by atoms with Crippen LogP contribution >= 0.6 is 23.4 Å². The van der Waals surface area contributed by atoms with E-state index >= 15 is 0 Å². The standard InChI is InChI=1S/C20H26ClNO2S/c1-19(2,25-16-5-3-15(21)4-6-16)18(23)22-17-13-7-12-8-14(17)11-20(24,9-12)10-13/h3-6,12-14,17,24H,7-11H2,1-2H3,(H,22,23)/t12?,13-,14+,17+,20+.